The summed E-state index contributed by atoms with van der Waals surface area (Å²) < 4.78 is 5.43. The quantitative estimate of drug-likeness (QED) is 0.441. The molecule has 2 aromatic carbocycles. The van der Waals surface area contributed by atoms with Crippen LogP contribution < -0.4 is 5.32 Å². The molecular formula is C27H25N3O3S. The third kappa shape index (κ3) is 3.51. The van der Waals surface area contributed by atoms with Crippen LogP contribution >= 0.6 is 11.3 Å². The molecule has 2 fully saturated rings. The molecule has 4 aromatic rings. The Morgan fingerprint density at radius 2 is 2.00 bits per heavy atom. The van der Waals surface area contributed by atoms with Crippen LogP contribution in [0.1, 0.15) is 37.8 Å². The van der Waals surface area contributed by atoms with Crippen LogP contribution in [0.2, 0.25) is 0 Å². The number of nitrogens with zero attached hydrogens (tertiary/aromatic N) is 2. The molecular weight excluding hydrogens is 446 g/mol. The maximum atomic E-state index is 13.7. The lowest BCUT2D eigenvalue weighted by Gasteiger charge is -2.27. The van der Waals surface area contributed by atoms with E-state index in [1.807, 2.05) is 42.2 Å². The fourth-order valence-electron chi connectivity index (χ4n) is 5.27. The van der Waals surface area contributed by atoms with Gasteiger partial charge in [0, 0.05) is 18.5 Å². The second-order valence-corrected chi connectivity index (χ2v) is 10.5. The molecule has 0 bridgehead atoms. The van der Waals surface area contributed by atoms with Crippen LogP contribution in [-0.4, -0.2) is 40.8 Å². The Morgan fingerprint density at radius 3 is 2.85 bits per heavy atom. The second-order valence-electron chi connectivity index (χ2n) is 9.26. The van der Waals surface area contributed by atoms with Crippen LogP contribution in [0, 0.1) is 25.7 Å². The molecule has 6 rings (SSSR count). The topological polar surface area (TPSA) is 75.4 Å². The predicted molar refractivity (Wildman–Crippen MR) is 132 cm³/mol. The molecule has 172 valence electrons. The van der Waals surface area contributed by atoms with Gasteiger partial charge in [0.25, 0.3) is 11.8 Å². The summed E-state index contributed by atoms with van der Waals surface area (Å²) in [5.41, 5.74) is 3.99. The minimum absolute atomic E-state index is 0.0169. The first-order valence-electron chi connectivity index (χ1n) is 11.6. The Morgan fingerprint density at radius 1 is 1.15 bits per heavy atom. The number of hydrogen-bond donors (Lipinski definition) is 1. The fraction of sp³-hybridized carbons (Fsp3) is 0.296. The zero-order valence-electron chi connectivity index (χ0n) is 19.1. The van der Waals surface area contributed by atoms with Crippen molar-refractivity contribution in [2.45, 2.75) is 26.3 Å². The number of amides is 2. The summed E-state index contributed by atoms with van der Waals surface area (Å²) in [5.74, 6) is 0.778. The number of likely N-dealkylation sites (tertiary alicyclic amines) is 1. The number of aromatic nitrogens is 1. The third-order valence-electron chi connectivity index (χ3n) is 7.10. The van der Waals surface area contributed by atoms with Crippen LogP contribution in [0.4, 0.5) is 0 Å². The number of piperidine rings is 1. The number of aryl methyl sites for hydroxylation is 2. The Kier molecular flexibility index (Phi) is 5.03. The van der Waals surface area contributed by atoms with E-state index in [4.69, 9.17) is 4.42 Å². The molecule has 6 nitrogen and oxygen atoms in total. The fourth-order valence-corrected chi connectivity index (χ4v) is 6.27. The number of carbonyl (C=O) groups excluding carboxylic acids is 2. The number of benzene rings is 2. The summed E-state index contributed by atoms with van der Waals surface area (Å²) in [7, 11) is 0. The van der Waals surface area contributed by atoms with E-state index in [1.54, 1.807) is 23.7 Å². The molecule has 0 unspecified atom stereocenters. The number of carbonyl (C=O) groups is 2. The average molecular weight is 472 g/mol. The Bertz CT molecular complexity index is 1420. The maximum absolute atomic E-state index is 13.7. The average Bonchev–Trinajstić information content (AvgIpc) is 3.16. The number of furan rings is 1. The zero-order chi connectivity index (χ0) is 23.4. The van der Waals surface area contributed by atoms with Gasteiger partial charge in [-0.15, -0.1) is 11.3 Å². The molecule has 1 N–H and O–H groups in total. The lowest BCUT2D eigenvalue weighted by atomic mass is 10.1. The van der Waals surface area contributed by atoms with E-state index in [0.29, 0.717) is 35.2 Å². The first-order chi connectivity index (χ1) is 16.5. The lowest BCUT2D eigenvalue weighted by Crippen LogP contribution is -2.45. The van der Waals surface area contributed by atoms with Crippen molar-refractivity contribution >= 4 is 34.1 Å². The highest BCUT2D eigenvalue weighted by Crippen LogP contribution is 2.50. The summed E-state index contributed by atoms with van der Waals surface area (Å²) in [6, 6.07) is 15.4. The van der Waals surface area contributed by atoms with Gasteiger partial charge >= 0.3 is 0 Å². The molecule has 2 amide bonds. The van der Waals surface area contributed by atoms with Crippen molar-refractivity contribution in [1.82, 2.24) is 15.2 Å². The number of rotatable bonds is 5. The Hall–Kier alpha value is -3.45. The molecule has 1 saturated carbocycles. The first kappa shape index (κ1) is 21.1. The number of nitrogens with one attached hydrogen (secondary N) is 1. The summed E-state index contributed by atoms with van der Waals surface area (Å²) in [6.07, 6.45) is 2.71. The van der Waals surface area contributed by atoms with Crippen LogP contribution in [-0.2, 0) is 0 Å². The third-order valence-corrected chi connectivity index (χ3v) is 8.11. The van der Waals surface area contributed by atoms with Crippen LogP contribution in [0.3, 0.4) is 0 Å². The summed E-state index contributed by atoms with van der Waals surface area (Å²) >= 11 is 1.56. The smallest absolute Gasteiger partial charge is 0.274 e. The minimum Gasteiger partial charge on any atom is -0.464 e. The molecule has 34 heavy (non-hydrogen) atoms. The highest BCUT2D eigenvalue weighted by Gasteiger charge is 2.54. The van der Waals surface area contributed by atoms with Crippen molar-refractivity contribution in [3.8, 4) is 10.4 Å². The van der Waals surface area contributed by atoms with Crippen LogP contribution in [0.5, 0.6) is 0 Å². The Labute approximate surface area is 201 Å². The molecule has 2 aromatic heterocycles. The van der Waals surface area contributed by atoms with E-state index in [-0.39, 0.29) is 17.9 Å². The van der Waals surface area contributed by atoms with Gasteiger partial charge in [0.05, 0.1) is 27.8 Å². The van der Waals surface area contributed by atoms with Crippen molar-refractivity contribution < 1.29 is 14.0 Å². The predicted octanol–water partition coefficient (Wildman–Crippen LogP) is 5.06. The standard InChI is InChI=1S/C27H25N3O3S/c1-15-6-3-4-7-18(15)25-24(29-16(2)34-25)27(32)30-14-17-12-21(17)22(30)13-28-26(31)20-8-5-9-23-19(20)10-11-33-23/h3-11,17,21-22H,12-14H2,1-2H3,(H,28,31)/t17-,21-,22-/m1/s1. The van der Waals surface area contributed by atoms with Gasteiger partial charge in [-0.25, -0.2) is 4.98 Å². The number of thiazole rings is 1. The van der Waals surface area contributed by atoms with E-state index in [1.165, 1.54) is 0 Å². The normalized spacial score (nSPS) is 21.0. The van der Waals surface area contributed by atoms with Crippen LogP contribution in [0.25, 0.3) is 21.4 Å². The largest absolute Gasteiger partial charge is 0.464 e. The van der Waals surface area contributed by atoms with Crippen molar-refractivity contribution in [3.05, 3.63) is 76.6 Å². The molecule has 7 heteroatoms. The minimum atomic E-state index is -0.145. The molecule has 2 aliphatic rings. The summed E-state index contributed by atoms with van der Waals surface area (Å²) in [4.78, 5) is 34.2. The van der Waals surface area contributed by atoms with Crippen molar-refractivity contribution in [1.29, 1.82) is 0 Å². The van der Waals surface area contributed by atoms with Gasteiger partial charge in [-0.1, -0.05) is 30.3 Å². The summed E-state index contributed by atoms with van der Waals surface area (Å²) in [5, 5.41) is 4.76. The number of hydrogen-bond acceptors (Lipinski definition) is 5. The SMILES string of the molecule is Cc1nc(C(=O)N2C[C@H]3C[C@H]3[C@H]2CNC(=O)c2cccc3occc23)c(-c2ccccc2C)s1. The van der Waals surface area contributed by atoms with E-state index < -0.39 is 0 Å². The Balaban J connectivity index is 1.24. The van der Waals surface area contributed by atoms with Crippen molar-refractivity contribution in [2.75, 3.05) is 13.1 Å². The van der Waals surface area contributed by atoms with Gasteiger partial charge < -0.3 is 14.6 Å². The van der Waals surface area contributed by atoms with Crippen molar-refractivity contribution in [3.63, 3.8) is 0 Å². The van der Waals surface area contributed by atoms with Crippen molar-refractivity contribution in [2.24, 2.45) is 11.8 Å². The number of fused-ring (bicyclic) bond motifs is 2. The lowest BCUT2D eigenvalue weighted by molar-refractivity contribution is 0.0690. The van der Waals surface area contributed by atoms with E-state index >= 15 is 0 Å². The maximum Gasteiger partial charge on any atom is 0.274 e. The zero-order valence-corrected chi connectivity index (χ0v) is 19.9. The van der Waals surface area contributed by atoms with E-state index in [9.17, 15) is 9.59 Å². The monoisotopic (exact) mass is 471 g/mol. The van der Waals surface area contributed by atoms with Gasteiger partial charge in [-0.05, 0) is 61.4 Å². The van der Waals surface area contributed by atoms with Gasteiger partial charge in [-0.2, -0.15) is 0 Å². The molecule has 3 heterocycles. The molecule has 1 saturated heterocycles. The second kappa shape index (κ2) is 8.09. The summed E-state index contributed by atoms with van der Waals surface area (Å²) in [6.45, 7) is 5.16. The van der Waals surface area contributed by atoms with E-state index in [0.717, 1.165) is 39.4 Å². The highest BCUT2D eigenvalue weighted by molar-refractivity contribution is 7.15. The first-order valence-corrected chi connectivity index (χ1v) is 12.4. The van der Waals surface area contributed by atoms with Gasteiger partial charge in [0.1, 0.15) is 11.3 Å². The molecule has 3 atom stereocenters. The van der Waals surface area contributed by atoms with Gasteiger partial charge in [-0.3, -0.25) is 9.59 Å². The van der Waals surface area contributed by atoms with Crippen LogP contribution in [0.15, 0.2) is 59.2 Å². The molecule has 0 radical (unpaired) electrons. The molecule has 1 aliphatic carbocycles. The molecule has 0 spiro atoms. The highest BCUT2D eigenvalue weighted by atomic mass is 32.1. The van der Waals surface area contributed by atoms with E-state index in [2.05, 4.69) is 29.4 Å². The van der Waals surface area contributed by atoms with Gasteiger partial charge in [0.15, 0.2) is 0 Å². The van der Waals surface area contributed by atoms with Gasteiger partial charge in [0.2, 0.25) is 0 Å². The molecule has 1 aliphatic heterocycles.